The molecule has 0 spiro atoms. The number of aliphatic hydroxyl groups is 1. The Balaban J connectivity index is 2.05. The second-order valence-corrected chi connectivity index (χ2v) is 5.31. The van der Waals surface area contributed by atoms with Gasteiger partial charge in [0.15, 0.2) is 0 Å². The minimum atomic E-state index is -0.856. The fourth-order valence-corrected chi connectivity index (χ4v) is 2.46. The fourth-order valence-electron chi connectivity index (χ4n) is 1.59. The van der Waals surface area contributed by atoms with Gasteiger partial charge in [-0.3, -0.25) is 0 Å². The molecule has 0 fully saturated rings. The van der Waals surface area contributed by atoms with Gasteiger partial charge in [0.2, 0.25) is 0 Å². The summed E-state index contributed by atoms with van der Waals surface area (Å²) in [6.07, 6.45) is 4.64. The molecule has 2 atom stereocenters. The Kier molecular flexibility index (Phi) is 5.33. The van der Waals surface area contributed by atoms with Gasteiger partial charge in [-0.15, -0.1) is 18.2 Å². The standard InChI is InChI=1S/C18H14OS/c1-2-18(20-16-11-7-4-8-12-16)17(19)14-13-15-9-5-3-6-10-15/h1,3-12,17-19H. The second-order valence-electron chi connectivity index (χ2n) is 4.10. The molecule has 0 saturated carbocycles. The molecule has 0 aliphatic carbocycles. The first-order valence-corrected chi connectivity index (χ1v) is 7.10. The van der Waals surface area contributed by atoms with Crippen LogP contribution in [0.5, 0.6) is 0 Å². The van der Waals surface area contributed by atoms with Gasteiger partial charge in [0.05, 0.1) is 0 Å². The number of hydrogen-bond donors (Lipinski definition) is 1. The molecule has 0 radical (unpaired) electrons. The van der Waals surface area contributed by atoms with Crippen LogP contribution in [0.15, 0.2) is 65.6 Å². The average molecular weight is 278 g/mol. The molecule has 0 heterocycles. The van der Waals surface area contributed by atoms with E-state index in [0.29, 0.717) is 0 Å². The summed E-state index contributed by atoms with van der Waals surface area (Å²) in [7, 11) is 0. The molecule has 1 N–H and O–H groups in total. The topological polar surface area (TPSA) is 20.2 Å². The van der Waals surface area contributed by atoms with Gasteiger partial charge in [-0.25, -0.2) is 0 Å². The van der Waals surface area contributed by atoms with E-state index in [4.69, 9.17) is 6.42 Å². The third kappa shape index (κ3) is 4.21. The highest BCUT2D eigenvalue weighted by Gasteiger charge is 2.15. The summed E-state index contributed by atoms with van der Waals surface area (Å²) in [6, 6.07) is 19.3. The van der Waals surface area contributed by atoms with Gasteiger partial charge in [0, 0.05) is 10.5 Å². The number of aliphatic hydroxyl groups excluding tert-OH is 1. The van der Waals surface area contributed by atoms with Gasteiger partial charge in [-0.2, -0.15) is 0 Å². The van der Waals surface area contributed by atoms with Gasteiger partial charge in [0.25, 0.3) is 0 Å². The largest absolute Gasteiger partial charge is 0.378 e. The molecular formula is C18H14OS. The molecule has 0 aliphatic heterocycles. The maximum Gasteiger partial charge on any atom is 0.138 e. The summed E-state index contributed by atoms with van der Waals surface area (Å²) < 4.78 is 0. The third-order valence-electron chi connectivity index (χ3n) is 2.60. The molecule has 2 aromatic rings. The molecule has 2 unspecified atom stereocenters. The van der Waals surface area contributed by atoms with E-state index in [0.717, 1.165) is 10.5 Å². The third-order valence-corrected chi connectivity index (χ3v) is 3.79. The highest BCUT2D eigenvalue weighted by Crippen LogP contribution is 2.24. The van der Waals surface area contributed by atoms with Crippen molar-refractivity contribution in [1.82, 2.24) is 0 Å². The smallest absolute Gasteiger partial charge is 0.138 e. The summed E-state index contributed by atoms with van der Waals surface area (Å²) in [4.78, 5) is 1.02. The summed E-state index contributed by atoms with van der Waals surface area (Å²) in [5.74, 6) is 8.35. The normalized spacial score (nSPS) is 12.6. The van der Waals surface area contributed by atoms with Crippen molar-refractivity contribution in [2.24, 2.45) is 0 Å². The van der Waals surface area contributed by atoms with Crippen LogP contribution in [0.4, 0.5) is 0 Å². The molecule has 2 aromatic carbocycles. The van der Waals surface area contributed by atoms with Crippen LogP contribution in [-0.2, 0) is 0 Å². The lowest BCUT2D eigenvalue weighted by Crippen LogP contribution is -2.19. The van der Waals surface area contributed by atoms with Crippen molar-refractivity contribution >= 4 is 11.8 Å². The van der Waals surface area contributed by atoms with E-state index in [9.17, 15) is 5.11 Å². The molecular weight excluding hydrogens is 264 g/mol. The van der Waals surface area contributed by atoms with Crippen LogP contribution in [0.2, 0.25) is 0 Å². The molecule has 2 heteroatoms. The molecule has 0 saturated heterocycles. The lowest BCUT2D eigenvalue weighted by atomic mass is 10.2. The fraction of sp³-hybridized carbons (Fsp3) is 0.111. The minimum Gasteiger partial charge on any atom is -0.378 e. The summed E-state index contributed by atoms with van der Waals surface area (Å²) in [5.41, 5.74) is 0.868. The molecule has 0 aromatic heterocycles. The van der Waals surface area contributed by atoms with Gasteiger partial charge in [0.1, 0.15) is 11.4 Å². The summed E-state index contributed by atoms with van der Waals surface area (Å²) in [6.45, 7) is 0. The molecule has 0 bridgehead atoms. The Hall–Kier alpha value is -2.13. The van der Waals surface area contributed by atoms with Crippen molar-refractivity contribution in [2.75, 3.05) is 0 Å². The zero-order valence-corrected chi connectivity index (χ0v) is 11.7. The monoisotopic (exact) mass is 278 g/mol. The van der Waals surface area contributed by atoms with Gasteiger partial charge in [-0.1, -0.05) is 54.2 Å². The van der Waals surface area contributed by atoms with E-state index in [1.165, 1.54) is 11.8 Å². The Labute approximate surface area is 124 Å². The molecule has 98 valence electrons. The van der Waals surface area contributed by atoms with E-state index < -0.39 is 6.10 Å². The lowest BCUT2D eigenvalue weighted by Gasteiger charge is -2.12. The summed E-state index contributed by atoms with van der Waals surface area (Å²) >= 11 is 1.44. The molecule has 1 nitrogen and oxygen atoms in total. The lowest BCUT2D eigenvalue weighted by molar-refractivity contribution is 0.243. The molecule has 0 amide bonds. The Bertz CT molecular complexity index is 632. The van der Waals surface area contributed by atoms with Gasteiger partial charge < -0.3 is 5.11 Å². The second kappa shape index (κ2) is 7.46. The highest BCUT2D eigenvalue weighted by molar-refractivity contribution is 8.00. The van der Waals surface area contributed by atoms with Crippen molar-refractivity contribution in [2.45, 2.75) is 16.2 Å². The van der Waals surface area contributed by atoms with Crippen LogP contribution < -0.4 is 0 Å². The number of rotatable bonds is 3. The zero-order valence-electron chi connectivity index (χ0n) is 10.9. The van der Waals surface area contributed by atoms with Crippen molar-refractivity contribution < 1.29 is 5.11 Å². The average Bonchev–Trinajstić information content (AvgIpc) is 2.52. The van der Waals surface area contributed by atoms with Crippen molar-refractivity contribution in [1.29, 1.82) is 0 Å². The van der Waals surface area contributed by atoms with E-state index in [2.05, 4.69) is 17.8 Å². The minimum absolute atomic E-state index is 0.381. The number of hydrogen-bond acceptors (Lipinski definition) is 2. The Morgan fingerprint density at radius 1 is 0.950 bits per heavy atom. The van der Waals surface area contributed by atoms with Crippen molar-refractivity contribution in [3.63, 3.8) is 0 Å². The Morgan fingerprint density at radius 2 is 1.55 bits per heavy atom. The first-order valence-electron chi connectivity index (χ1n) is 6.22. The van der Waals surface area contributed by atoms with E-state index in [1.54, 1.807) is 0 Å². The van der Waals surface area contributed by atoms with E-state index >= 15 is 0 Å². The van der Waals surface area contributed by atoms with E-state index in [-0.39, 0.29) is 5.25 Å². The van der Waals surface area contributed by atoms with Crippen LogP contribution in [0.3, 0.4) is 0 Å². The number of thioether (sulfide) groups is 1. The van der Waals surface area contributed by atoms with E-state index in [1.807, 2.05) is 60.7 Å². The number of terminal acetylenes is 1. The van der Waals surface area contributed by atoms with Crippen LogP contribution in [-0.4, -0.2) is 16.5 Å². The molecule has 0 aliphatic rings. The highest BCUT2D eigenvalue weighted by atomic mass is 32.2. The van der Waals surface area contributed by atoms with Crippen LogP contribution in [0, 0.1) is 24.2 Å². The van der Waals surface area contributed by atoms with Crippen LogP contribution >= 0.6 is 11.8 Å². The predicted octanol–water partition coefficient (Wildman–Crippen LogP) is 3.19. The first-order chi connectivity index (χ1) is 9.79. The van der Waals surface area contributed by atoms with Crippen molar-refractivity contribution in [3.8, 4) is 24.2 Å². The summed E-state index contributed by atoms with van der Waals surface area (Å²) in [5, 5.41) is 9.71. The van der Waals surface area contributed by atoms with Crippen molar-refractivity contribution in [3.05, 3.63) is 66.2 Å². The van der Waals surface area contributed by atoms with Gasteiger partial charge >= 0.3 is 0 Å². The van der Waals surface area contributed by atoms with Crippen LogP contribution in [0.25, 0.3) is 0 Å². The zero-order chi connectivity index (χ0) is 14.2. The maximum absolute atomic E-state index is 10.1. The number of benzene rings is 2. The predicted molar refractivity (Wildman–Crippen MR) is 84.2 cm³/mol. The van der Waals surface area contributed by atoms with Crippen LogP contribution in [0.1, 0.15) is 5.56 Å². The first kappa shape index (κ1) is 14.3. The molecule has 20 heavy (non-hydrogen) atoms. The molecule has 2 rings (SSSR count). The Morgan fingerprint density at radius 3 is 2.15 bits per heavy atom. The maximum atomic E-state index is 10.1. The quantitative estimate of drug-likeness (QED) is 0.687. The SMILES string of the molecule is C#CC(Sc1ccccc1)C(O)C#Cc1ccccc1. The van der Waals surface area contributed by atoms with Gasteiger partial charge in [-0.05, 0) is 24.3 Å².